The molecule has 1 aromatic rings. The first-order chi connectivity index (χ1) is 6.15. The number of imidazole rings is 1. The molecule has 0 atom stereocenters. The van der Waals surface area contributed by atoms with Crippen LogP contribution in [0.2, 0.25) is 0 Å². The normalized spacial score (nSPS) is 10.3. The molecule has 0 aromatic carbocycles. The first-order valence-corrected chi connectivity index (χ1v) is 3.94. The van der Waals surface area contributed by atoms with E-state index in [1.54, 1.807) is 11.5 Å². The number of hydrogen-bond acceptors (Lipinski definition) is 4. The van der Waals surface area contributed by atoms with Gasteiger partial charge >= 0.3 is 5.82 Å². The maximum Gasteiger partial charge on any atom is 0.381 e. The van der Waals surface area contributed by atoms with Gasteiger partial charge in [-0.2, -0.15) is 0 Å². The number of aromatic nitrogens is 2. The maximum absolute atomic E-state index is 10.3. The molecule has 0 radical (unpaired) electrons. The Hall–Kier alpha value is -1.43. The monoisotopic (exact) mass is 185 g/mol. The van der Waals surface area contributed by atoms with Gasteiger partial charge in [-0.25, -0.2) is 0 Å². The lowest BCUT2D eigenvalue weighted by Crippen LogP contribution is -2.00. The fourth-order valence-electron chi connectivity index (χ4n) is 1.05. The SMILES string of the molecule is Cc1nc([N+](=O)[O-])cn1CCCO. The summed E-state index contributed by atoms with van der Waals surface area (Å²) in [4.78, 5) is 13.5. The minimum absolute atomic E-state index is 0.0748. The molecule has 0 aliphatic heterocycles. The van der Waals surface area contributed by atoms with Gasteiger partial charge in [0.25, 0.3) is 0 Å². The van der Waals surface area contributed by atoms with Gasteiger partial charge in [-0.15, -0.1) is 0 Å². The van der Waals surface area contributed by atoms with Gasteiger partial charge in [0.15, 0.2) is 0 Å². The van der Waals surface area contributed by atoms with Gasteiger partial charge in [0, 0.05) is 20.1 Å². The zero-order valence-corrected chi connectivity index (χ0v) is 7.30. The van der Waals surface area contributed by atoms with E-state index in [2.05, 4.69) is 4.98 Å². The number of hydrogen-bond donors (Lipinski definition) is 1. The number of aliphatic hydroxyl groups excluding tert-OH is 1. The van der Waals surface area contributed by atoms with E-state index in [9.17, 15) is 10.1 Å². The average molecular weight is 185 g/mol. The van der Waals surface area contributed by atoms with E-state index in [-0.39, 0.29) is 12.4 Å². The molecule has 0 fully saturated rings. The second-order valence-electron chi connectivity index (χ2n) is 2.67. The molecule has 72 valence electrons. The van der Waals surface area contributed by atoms with E-state index in [1.165, 1.54) is 6.20 Å². The summed E-state index contributed by atoms with van der Waals surface area (Å²) in [5.41, 5.74) is 0. The molecule has 0 aliphatic carbocycles. The van der Waals surface area contributed by atoms with Crippen LogP contribution in [0.3, 0.4) is 0 Å². The highest BCUT2D eigenvalue weighted by molar-refractivity contribution is 5.16. The summed E-state index contributed by atoms with van der Waals surface area (Å²) in [6.45, 7) is 2.33. The first-order valence-electron chi connectivity index (χ1n) is 3.94. The molecule has 1 rings (SSSR count). The summed E-state index contributed by atoms with van der Waals surface area (Å²) in [7, 11) is 0. The fraction of sp³-hybridized carbons (Fsp3) is 0.571. The predicted molar refractivity (Wildman–Crippen MR) is 45.3 cm³/mol. The third-order valence-corrected chi connectivity index (χ3v) is 1.71. The molecule has 0 spiro atoms. The van der Waals surface area contributed by atoms with Gasteiger partial charge in [-0.3, -0.25) is 0 Å². The minimum atomic E-state index is -0.525. The van der Waals surface area contributed by atoms with Crippen molar-refractivity contribution in [1.29, 1.82) is 0 Å². The van der Waals surface area contributed by atoms with Gasteiger partial charge < -0.3 is 19.8 Å². The van der Waals surface area contributed by atoms with E-state index >= 15 is 0 Å². The van der Waals surface area contributed by atoms with Gasteiger partial charge in [0.2, 0.25) is 5.82 Å². The van der Waals surface area contributed by atoms with Crippen molar-refractivity contribution >= 4 is 5.82 Å². The molecule has 6 nitrogen and oxygen atoms in total. The number of nitrogens with zero attached hydrogens (tertiary/aromatic N) is 3. The van der Waals surface area contributed by atoms with Crippen molar-refractivity contribution < 1.29 is 10.0 Å². The Kier molecular flexibility index (Phi) is 2.97. The topological polar surface area (TPSA) is 81.2 Å². The third kappa shape index (κ3) is 2.25. The molecular weight excluding hydrogens is 174 g/mol. The predicted octanol–water partition coefficient (Wildman–Crippen LogP) is 0.482. The summed E-state index contributed by atoms with van der Waals surface area (Å²) in [6.07, 6.45) is 1.96. The summed E-state index contributed by atoms with van der Waals surface area (Å²) >= 11 is 0. The van der Waals surface area contributed by atoms with E-state index in [0.29, 0.717) is 18.8 Å². The molecule has 0 saturated carbocycles. The van der Waals surface area contributed by atoms with Crippen molar-refractivity contribution in [2.75, 3.05) is 6.61 Å². The van der Waals surface area contributed by atoms with Crippen LogP contribution in [0.1, 0.15) is 12.2 Å². The summed E-state index contributed by atoms with van der Waals surface area (Å²) < 4.78 is 1.66. The Morgan fingerprint density at radius 3 is 2.92 bits per heavy atom. The van der Waals surface area contributed by atoms with Crippen LogP contribution >= 0.6 is 0 Å². The van der Waals surface area contributed by atoms with Crippen LogP contribution in [0.5, 0.6) is 0 Å². The molecule has 0 unspecified atom stereocenters. The minimum Gasteiger partial charge on any atom is -0.396 e. The standard InChI is InChI=1S/C7H11N3O3/c1-6-8-7(10(12)13)5-9(6)3-2-4-11/h5,11H,2-4H2,1H3. The lowest BCUT2D eigenvalue weighted by atomic mass is 10.4. The van der Waals surface area contributed by atoms with Crippen LogP contribution in [-0.4, -0.2) is 26.2 Å². The van der Waals surface area contributed by atoms with Gasteiger partial charge in [0.05, 0.1) is 0 Å². The molecule has 1 N–H and O–H groups in total. The van der Waals surface area contributed by atoms with Crippen molar-refractivity contribution in [3.8, 4) is 0 Å². The number of aliphatic hydroxyl groups is 1. The van der Waals surface area contributed by atoms with Crippen molar-refractivity contribution in [3.05, 3.63) is 22.1 Å². The summed E-state index contributed by atoms with van der Waals surface area (Å²) in [5, 5.41) is 18.9. The van der Waals surface area contributed by atoms with Crippen LogP contribution in [0.15, 0.2) is 6.20 Å². The van der Waals surface area contributed by atoms with Crippen LogP contribution in [0, 0.1) is 17.0 Å². The van der Waals surface area contributed by atoms with Crippen LogP contribution in [0.4, 0.5) is 5.82 Å². The lowest BCUT2D eigenvalue weighted by molar-refractivity contribution is -0.389. The molecule has 1 heterocycles. The second-order valence-corrected chi connectivity index (χ2v) is 2.67. The maximum atomic E-state index is 10.3. The quantitative estimate of drug-likeness (QED) is 0.546. The van der Waals surface area contributed by atoms with Crippen molar-refractivity contribution in [2.24, 2.45) is 0 Å². The van der Waals surface area contributed by atoms with Crippen LogP contribution < -0.4 is 0 Å². The smallest absolute Gasteiger partial charge is 0.381 e. The van der Waals surface area contributed by atoms with Crippen LogP contribution in [0.25, 0.3) is 0 Å². The highest BCUT2D eigenvalue weighted by Gasteiger charge is 2.13. The number of nitro groups is 1. The van der Waals surface area contributed by atoms with Gasteiger partial charge in [-0.1, -0.05) is 0 Å². The average Bonchev–Trinajstić information content (AvgIpc) is 2.44. The highest BCUT2D eigenvalue weighted by atomic mass is 16.6. The summed E-state index contributed by atoms with van der Waals surface area (Å²) in [5.74, 6) is 0.454. The molecule has 13 heavy (non-hydrogen) atoms. The van der Waals surface area contributed by atoms with Crippen LogP contribution in [-0.2, 0) is 6.54 Å². The molecule has 0 bridgehead atoms. The Morgan fingerprint density at radius 2 is 2.46 bits per heavy atom. The first kappa shape index (κ1) is 9.66. The van der Waals surface area contributed by atoms with Crippen molar-refractivity contribution in [2.45, 2.75) is 19.9 Å². The number of aryl methyl sites for hydroxylation is 2. The van der Waals surface area contributed by atoms with E-state index in [4.69, 9.17) is 5.11 Å². The Morgan fingerprint density at radius 1 is 1.77 bits per heavy atom. The molecule has 1 aromatic heterocycles. The lowest BCUT2D eigenvalue weighted by Gasteiger charge is -1.97. The molecule has 0 aliphatic rings. The third-order valence-electron chi connectivity index (χ3n) is 1.71. The van der Waals surface area contributed by atoms with Crippen molar-refractivity contribution in [3.63, 3.8) is 0 Å². The second kappa shape index (κ2) is 3.99. The Bertz CT molecular complexity index is 308. The largest absolute Gasteiger partial charge is 0.396 e. The molecule has 0 amide bonds. The zero-order chi connectivity index (χ0) is 9.84. The van der Waals surface area contributed by atoms with Gasteiger partial charge in [0.1, 0.15) is 6.20 Å². The Labute approximate surface area is 75.0 Å². The molecular formula is C7H11N3O3. The Balaban J connectivity index is 2.77. The van der Waals surface area contributed by atoms with E-state index < -0.39 is 4.92 Å². The fourth-order valence-corrected chi connectivity index (χ4v) is 1.05. The summed E-state index contributed by atoms with van der Waals surface area (Å²) in [6, 6.07) is 0. The molecule has 6 heteroatoms. The van der Waals surface area contributed by atoms with Crippen molar-refractivity contribution in [1.82, 2.24) is 9.55 Å². The number of rotatable bonds is 4. The van der Waals surface area contributed by atoms with E-state index in [0.717, 1.165) is 0 Å². The highest BCUT2D eigenvalue weighted by Crippen LogP contribution is 2.10. The zero-order valence-electron chi connectivity index (χ0n) is 7.30. The molecule has 0 saturated heterocycles. The van der Waals surface area contributed by atoms with E-state index in [1.807, 2.05) is 0 Å². The van der Waals surface area contributed by atoms with Gasteiger partial charge in [-0.05, 0) is 16.3 Å².